The van der Waals surface area contributed by atoms with Crippen molar-refractivity contribution in [1.82, 2.24) is 0 Å². The van der Waals surface area contributed by atoms with Gasteiger partial charge in [0.15, 0.2) is 0 Å². The van der Waals surface area contributed by atoms with Crippen molar-refractivity contribution in [3.8, 4) is 0 Å². The standard InChI is InChI=1S/C12H7Br2F3OS/c13-8-5-9(19-11(8)14)10(18)6-1-3-7(4-2-6)12(15,16)17/h1-5,10,18H. The van der Waals surface area contributed by atoms with E-state index in [2.05, 4.69) is 31.9 Å². The first-order valence-corrected chi connectivity index (χ1v) is 7.49. The number of hydrogen-bond donors (Lipinski definition) is 1. The van der Waals surface area contributed by atoms with Gasteiger partial charge in [-0.15, -0.1) is 11.3 Å². The first-order valence-electron chi connectivity index (χ1n) is 5.09. The Bertz CT molecular complexity index is 558. The Kier molecular flexibility index (Phi) is 4.39. The molecule has 0 aliphatic rings. The Morgan fingerprint density at radius 1 is 1.11 bits per heavy atom. The van der Waals surface area contributed by atoms with Crippen molar-refractivity contribution in [3.63, 3.8) is 0 Å². The molecule has 2 aromatic rings. The number of aliphatic hydroxyl groups excluding tert-OH is 1. The molecular formula is C12H7Br2F3OS. The van der Waals surface area contributed by atoms with Gasteiger partial charge in [0.05, 0.1) is 9.35 Å². The zero-order valence-corrected chi connectivity index (χ0v) is 13.2. The number of rotatable bonds is 2. The van der Waals surface area contributed by atoms with E-state index in [1.54, 1.807) is 6.07 Å². The SMILES string of the molecule is OC(c1ccc(C(F)(F)F)cc1)c1cc(Br)c(Br)s1. The van der Waals surface area contributed by atoms with Gasteiger partial charge in [-0.25, -0.2) is 0 Å². The summed E-state index contributed by atoms with van der Waals surface area (Å²) >= 11 is 7.93. The van der Waals surface area contributed by atoms with Crippen molar-refractivity contribution >= 4 is 43.2 Å². The highest BCUT2D eigenvalue weighted by Gasteiger charge is 2.30. The lowest BCUT2D eigenvalue weighted by Crippen LogP contribution is -2.05. The van der Waals surface area contributed by atoms with E-state index in [4.69, 9.17) is 0 Å². The average Bonchev–Trinajstić information content (AvgIpc) is 2.68. The summed E-state index contributed by atoms with van der Waals surface area (Å²) in [5.74, 6) is 0. The van der Waals surface area contributed by atoms with Crippen LogP contribution in [0.2, 0.25) is 0 Å². The molecule has 1 aromatic heterocycles. The molecule has 1 heterocycles. The van der Waals surface area contributed by atoms with Gasteiger partial charge in [-0.3, -0.25) is 0 Å². The van der Waals surface area contributed by atoms with Crippen LogP contribution in [-0.4, -0.2) is 5.11 Å². The van der Waals surface area contributed by atoms with Crippen LogP contribution in [0.4, 0.5) is 13.2 Å². The van der Waals surface area contributed by atoms with Crippen LogP contribution in [-0.2, 0) is 6.18 Å². The summed E-state index contributed by atoms with van der Waals surface area (Å²) < 4.78 is 38.9. The summed E-state index contributed by atoms with van der Waals surface area (Å²) in [4.78, 5) is 0.651. The molecule has 0 saturated carbocycles. The minimum Gasteiger partial charge on any atom is -0.383 e. The quantitative estimate of drug-likeness (QED) is 0.698. The zero-order valence-electron chi connectivity index (χ0n) is 9.21. The highest BCUT2D eigenvalue weighted by molar-refractivity contribution is 9.13. The fraction of sp³-hybridized carbons (Fsp3) is 0.167. The molecular weight excluding hydrogens is 409 g/mol. The average molecular weight is 416 g/mol. The number of hydrogen-bond acceptors (Lipinski definition) is 2. The van der Waals surface area contributed by atoms with E-state index in [0.717, 1.165) is 20.4 Å². The van der Waals surface area contributed by atoms with Crippen LogP contribution in [0.15, 0.2) is 38.6 Å². The molecule has 0 radical (unpaired) electrons. The second-order valence-corrected chi connectivity index (χ2v) is 7.05. The molecule has 0 spiro atoms. The summed E-state index contributed by atoms with van der Waals surface area (Å²) in [5.41, 5.74) is -0.300. The second kappa shape index (κ2) is 5.55. The van der Waals surface area contributed by atoms with Gasteiger partial charge < -0.3 is 5.11 Å². The number of aliphatic hydroxyl groups is 1. The lowest BCUT2D eigenvalue weighted by atomic mass is 10.1. The molecule has 0 saturated heterocycles. The molecule has 1 nitrogen and oxygen atoms in total. The molecule has 0 fully saturated rings. The van der Waals surface area contributed by atoms with E-state index in [9.17, 15) is 18.3 Å². The van der Waals surface area contributed by atoms with Crippen molar-refractivity contribution in [2.45, 2.75) is 12.3 Å². The monoisotopic (exact) mass is 414 g/mol. The van der Waals surface area contributed by atoms with Crippen LogP contribution in [0.3, 0.4) is 0 Å². The van der Waals surface area contributed by atoms with Gasteiger partial charge >= 0.3 is 6.18 Å². The predicted molar refractivity (Wildman–Crippen MR) is 75.2 cm³/mol. The third-order valence-electron chi connectivity index (χ3n) is 2.49. The van der Waals surface area contributed by atoms with Gasteiger partial charge in [0, 0.05) is 9.35 Å². The van der Waals surface area contributed by atoms with Gasteiger partial charge in [0.25, 0.3) is 0 Å². The number of thiophene rings is 1. The van der Waals surface area contributed by atoms with Crippen LogP contribution in [0.1, 0.15) is 22.1 Å². The first kappa shape index (κ1) is 15.0. The lowest BCUT2D eigenvalue weighted by Gasteiger charge is -2.11. The summed E-state index contributed by atoms with van der Waals surface area (Å²) in [6.45, 7) is 0. The minimum atomic E-state index is -4.36. The molecule has 0 aliphatic carbocycles. The van der Waals surface area contributed by atoms with Crippen molar-refractivity contribution in [2.75, 3.05) is 0 Å². The van der Waals surface area contributed by atoms with Gasteiger partial charge in [0.1, 0.15) is 6.10 Å². The van der Waals surface area contributed by atoms with Gasteiger partial charge in [-0.1, -0.05) is 12.1 Å². The van der Waals surface area contributed by atoms with Crippen LogP contribution in [0.25, 0.3) is 0 Å². The molecule has 7 heteroatoms. The van der Waals surface area contributed by atoms with Gasteiger partial charge in [0.2, 0.25) is 0 Å². The van der Waals surface area contributed by atoms with Crippen LogP contribution in [0.5, 0.6) is 0 Å². The number of alkyl halides is 3. The Morgan fingerprint density at radius 2 is 1.68 bits per heavy atom. The van der Waals surface area contributed by atoms with Gasteiger partial charge in [-0.2, -0.15) is 13.2 Å². The Balaban J connectivity index is 2.27. The highest BCUT2D eigenvalue weighted by Crippen LogP contribution is 2.38. The Hall–Kier alpha value is -0.370. The van der Waals surface area contributed by atoms with Crippen molar-refractivity contribution < 1.29 is 18.3 Å². The Labute approximate surface area is 128 Å². The zero-order chi connectivity index (χ0) is 14.2. The number of benzene rings is 1. The Morgan fingerprint density at radius 3 is 2.11 bits per heavy atom. The molecule has 1 atom stereocenters. The highest BCUT2D eigenvalue weighted by atomic mass is 79.9. The maximum Gasteiger partial charge on any atom is 0.416 e. The van der Waals surface area contributed by atoms with E-state index in [1.807, 2.05) is 0 Å². The fourth-order valence-corrected chi connectivity index (χ4v) is 3.62. The van der Waals surface area contributed by atoms with Crippen molar-refractivity contribution in [1.29, 1.82) is 0 Å². The van der Waals surface area contributed by atoms with E-state index < -0.39 is 17.8 Å². The third-order valence-corrected chi connectivity index (χ3v) is 5.80. The molecule has 0 aliphatic heterocycles. The topological polar surface area (TPSA) is 20.2 Å². The second-order valence-electron chi connectivity index (χ2n) is 3.79. The first-order chi connectivity index (χ1) is 8.79. The number of halogens is 5. The molecule has 102 valence electrons. The smallest absolute Gasteiger partial charge is 0.383 e. The van der Waals surface area contributed by atoms with E-state index >= 15 is 0 Å². The van der Waals surface area contributed by atoms with Crippen molar-refractivity contribution in [2.24, 2.45) is 0 Å². The maximum absolute atomic E-state index is 12.4. The minimum absolute atomic E-state index is 0.425. The van der Waals surface area contributed by atoms with Crippen LogP contribution in [0, 0.1) is 0 Å². The summed E-state index contributed by atoms with van der Waals surface area (Å²) in [5, 5.41) is 10.1. The molecule has 0 amide bonds. The van der Waals surface area contributed by atoms with Crippen LogP contribution >= 0.6 is 43.2 Å². The maximum atomic E-state index is 12.4. The molecule has 2 rings (SSSR count). The van der Waals surface area contributed by atoms with Crippen LogP contribution < -0.4 is 0 Å². The van der Waals surface area contributed by atoms with E-state index in [-0.39, 0.29) is 0 Å². The predicted octanol–water partition coefficient (Wildman–Crippen LogP) is 5.37. The molecule has 1 unspecified atom stereocenters. The van der Waals surface area contributed by atoms with Crippen molar-refractivity contribution in [3.05, 3.63) is 54.6 Å². The third kappa shape index (κ3) is 3.39. The molecule has 0 bridgehead atoms. The van der Waals surface area contributed by atoms with E-state index in [1.165, 1.54) is 23.5 Å². The molecule has 19 heavy (non-hydrogen) atoms. The summed E-state index contributed by atoms with van der Waals surface area (Å²) in [6.07, 6.45) is -5.30. The summed E-state index contributed by atoms with van der Waals surface area (Å²) in [7, 11) is 0. The largest absolute Gasteiger partial charge is 0.416 e. The fourth-order valence-electron chi connectivity index (χ4n) is 1.52. The summed E-state index contributed by atoms with van der Waals surface area (Å²) in [6, 6.07) is 6.24. The van der Waals surface area contributed by atoms with Gasteiger partial charge in [-0.05, 0) is 55.6 Å². The van der Waals surface area contributed by atoms with E-state index in [0.29, 0.717) is 10.4 Å². The normalized spacial score (nSPS) is 13.6. The lowest BCUT2D eigenvalue weighted by molar-refractivity contribution is -0.137. The molecule has 1 aromatic carbocycles. The molecule has 1 N–H and O–H groups in total.